The summed E-state index contributed by atoms with van der Waals surface area (Å²) in [7, 11) is 0. The molecule has 0 N–H and O–H groups in total. The van der Waals surface area contributed by atoms with Crippen molar-refractivity contribution in [3.63, 3.8) is 0 Å². The molecule has 7 rings (SSSR count). The molecule has 0 spiro atoms. The Morgan fingerprint density at radius 1 is 0.635 bits per heavy atom. The van der Waals surface area contributed by atoms with Gasteiger partial charge in [-0.1, -0.05) is 31.2 Å². The fourth-order valence-electron chi connectivity index (χ4n) is 6.02. The molecule has 2 heterocycles. The van der Waals surface area contributed by atoms with Crippen molar-refractivity contribution >= 4 is 5.97 Å². The summed E-state index contributed by atoms with van der Waals surface area (Å²) in [4.78, 5) is 24.3. The molecule has 10 heteroatoms. The highest BCUT2D eigenvalue weighted by Gasteiger charge is 2.27. The summed E-state index contributed by atoms with van der Waals surface area (Å²) in [5.74, 6) is 2.33. The molecule has 2 aliphatic heterocycles. The number of carbonyl (C=O) groups is 1. The monoisotopic (exact) mass is 710 g/mol. The zero-order chi connectivity index (χ0) is 35.5. The van der Waals surface area contributed by atoms with Crippen molar-refractivity contribution in [3.8, 4) is 34.1 Å². The Balaban J connectivity index is 0.826. The number of esters is 1. The van der Waals surface area contributed by atoms with Crippen molar-refractivity contribution in [1.82, 2.24) is 0 Å². The summed E-state index contributed by atoms with van der Waals surface area (Å²) in [6.07, 6.45) is 4.31. The SMILES string of the molecule is CC1c2cc(OOCc3ccc(OCCCCOCC4CO4)cc3)ccc2-c2ccc(OC(=O)c3ccc(OCCCCOCC4CO4)cc3)cc21. The predicted octanol–water partition coefficient (Wildman–Crippen LogP) is 7.70. The maximum Gasteiger partial charge on any atom is 0.343 e. The van der Waals surface area contributed by atoms with Gasteiger partial charge in [-0.25, -0.2) is 4.79 Å². The minimum absolute atomic E-state index is 0.0832. The molecule has 3 aliphatic rings. The first-order chi connectivity index (χ1) is 25.6. The zero-order valence-electron chi connectivity index (χ0n) is 29.6. The minimum Gasteiger partial charge on any atom is -0.494 e. The fraction of sp³-hybridized carbons (Fsp3) is 0.405. The summed E-state index contributed by atoms with van der Waals surface area (Å²) < 4.78 is 38.8. The van der Waals surface area contributed by atoms with Gasteiger partial charge in [0.05, 0.1) is 45.2 Å². The largest absolute Gasteiger partial charge is 0.494 e. The topological polar surface area (TPSA) is 107 Å². The lowest BCUT2D eigenvalue weighted by Crippen LogP contribution is -2.09. The first-order valence-electron chi connectivity index (χ1n) is 18.2. The van der Waals surface area contributed by atoms with Crippen molar-refractivity contribution in [1.29, 1.82) is 0 Å². The molecule has 4 aromatic carbocycles. The lowest BCUT2D eigenvalue weighted by atomic mass is 9.99. The van der Waals surface area contributed by atoms with Crippen LogP contribution >= 0.6 is 0 Å². The van der Waals surface area contributed by atoms with E-state index in [0.717, 1.165) is 79.1 Å². The van der Waals surface area contributed by atoms with Crippen molar-refractivity contribution in [2.45, 2.75) is 57.3 Å². The molecule has 4 aromatic rings. The number of hydrogen-bond donors (Lipinski definition) is 0. The van der Waals surface area contributed by atoms with Gasteiger partial charge in [-0.05, 0) is 114 Å². The molecule has 3 atom stereocenters. The minimum atomic E-state index is -0.418. The molecular weight excluding hydrogens is 664 g/mol. The summed E-state index contributed by atoms with van der Waals surface area (Å²) in [5.41, 5.74) is 5.88. The second kappa shape index (κ2) is 17.9. The number of epoxide rings is 2. The number of hydrogen-bond acceptors (Lipinski definition) is 10. The first kappa shape index (κ1) is 35.9. The Bertz CT molecular complexity index is 1750. The van der Waals surface area contributed by atoms with Crippen molar-refractivity contribution in [2.75, 3.05) is 52.9 Å². The van der Waals surface area contributed by atoms with E-state index < -0.39 is 5.97 Å². The molecule has 3 unspecified atom stereocenters. The van der Waals surface area contributed by atoms with Gasteiger partial charge in [-0.15, -0.1) is 0 Å². The van der Waals surface area contributed by atoms with Gasteiger partial charge < -0.3 is 38.0 Å². The van der Waals surface area contributed by atoms with E-state index in [2.05, 4.69) is 6.92 Å². The van der Waals surface area contributed by atoms with Crippen LogP contribution in [0.15, 0.2) is 84.9 Å². The lowest BCUT2D eigenvalue weighted by molar-refractivity contribution is -0.217. The maximum absolute atomic E-state index is 13.0. The summed E-state index contributed by atoms with van der Waals surface area (Å²) in [6.45, 7) is 8.11. The van der Waals surface area contributed by atoms with Crippen LogP contribution < -0.4 is 19.1 Å². The maximum atomic E-state index is 13.0. The van der Waals surface area contributed by atoms with E-state index in [4.69, 9.17) is 42.9 Å². The molecule has 0 saturated carbocycles. The molecule has 0 radical (unpaired) electrons. The number of unbranched alkanes of at least 4 members (excludes halogenated alkanes) is 2. The second-order valence-electron chi connectivity index (χ2n) is 13.3. The van der Waals surface area contributed by atoms with Crippen LogP contribution in [0.25, 0.3) is 11.1 Å². The molecule has 52 heavy (non-hydrogen) atoms. The van der Waals surface area contributed by atoms with Crippen LogP contribution in [0.3, 0.4) is 0 Å². The summed E-state index contributed by atoms with van der Waals surface area (Å²) in [5, 5.41) is 0. The number of ether oxygens (including phenoxy) is 7. The average Bonchev–Trinajstić information content (AvgIpc) is 4.12. The Morgan fingerprint density at radius 2 is 1.13 bits per heavy atom. The van der Waals surface area contributed by atoms with E-state index in [1.54, 1.807) is 24.3 Å². The Kier molecular flexibility index (Phi) is 12.3. The Labute approximate surface area is 304 Å². The van der Waals surface area contributed by atoms with Gasteiger partial charge in [0.15, 0.2) is 5.75 Å². The van der Waals surface area contributed by atoms with Gasteiger partial charge in [-0.2, -0.15) is 4.89 Å². The van der Waals surface area contributed by atoms with E-state index >= 15 is 0 Å². The lowest BCUT2D eigenvalue weighted by Gasteiger charge is -2.11. The van der Waals surface area contributed by atoms with Crippen LogP contribution in [0.5, 0.6) is 23.0 Å². The highest BCUT2D eigenvalue weighted by Crippen LogP contribution is 2.47. The highest BCUT2D eigenvalue weighted by atomic mass is 17.2. The normalized spacial score (nSPS) is 18.0. The van der Waals surface area contributed by atoms with Crippen LogP contribution in [0.4, 0.5) is 0 Å². The Morgan fingerprint density at radius 3 is 1.71 bits per heavy atom. The number of rotatable bonds is 22. The van der Waals surface area contributed by atoms with Gasteiger partial charge in [0.25, 0.3) is 0 Å². The number of fused-ring (bicyclic) bond motifs is 3. The van der Waals surface area contributed by atoms with E-state index in [-0.39, 0.29) is 5.92 Å². The van der Waals surface area contributed by atoms with Crippen LogP contribution in [-0.2, 0) is 30.4 Å². The molecule has 0 aromatic heterocycles. The molecule has 1 aliphatic carbocycles. The molecule has 2 fully saturated rings. The van der Waals surface area contributed by atoms with E-state index in [1.807, 2.05) is 60.7 Å². The molecule has 274 valence electrons. The third-order valence-electron chi connectivity index (χ3n) is 9.19. The molecule has 0 bridgehead atoms. The molecular formula is C42H46O10. The van der Waals surface area contributed by atoms with Crippen molar-refractivity contribution in [2.24, 2.45) is 0 Å². The molecule has 10 nitrogen and oxygen atoms in total. The fourth-order valence-corrected chi connectivity index (χ4v) is 6.02. The van der Waals surface area contributed by atoms with Crippen LogP contribution in [0.2, 0.25) is 0 Å². The van der Waals surface area contributed by atoms with Crippen LogP contribution in [-0.4, -0.2) is 71.0 Å². The zero-order valence-corrected chi connectivity index (χ0v) is 29.6. The van der Waals surface area contributed by atoms with E-state index in [0.29, 0.717) is 74.7 Å². The molecule has 2 saturated heterocycles. The van der Waals surface area contributed by atoms with Crippen molar-refractivity contribution < 1.29 is 47.7 Å². The first-order valence-corrected chi connectivity index (χ1v) is 18.2. The third kappa shape index (κ3) is 10.3. The van der Waals surface area contributed by atoms with Crippen molar-refractivity contribution in [3.05, 3.63) is 107 Å². The van der Waals surface area contributed by atoms with E-state index in [9.17, 15) is 4.79 Å². The standard InChI is InChI=1S/C42H46O10/c1-29-40-22-34(51-42(43)31-8-12-33(13-9-31)47-21-5-3-19-45-26-37-28-49-37)14-16-38(40)39-17-15-35(23-41(29)39)52-50-24-30-6-10-32(11-7-30)46-20-4-2-18-44-25-36-27-48-36/h6-17,22-23,29,36-37H,2-5,18-21,24-28H2,1H3. The predicted molar refractivity (Wildman–Crippen MR) is 193 cm³/mol. The van der Waals surface area contributed by atoms with Gasteiger partial charge in [-0.3, -0.25) is 0 Å². The quantitative estimate of drug-likeness (QED) is 0.0201. The summed E-state index contributed by atoms with van der Waals surface area (Å²) in [6, 6.07) is 26.6. The van der Waals surface area contributed by atoms with Gasteiger partial charge in [0.1, 0.15) is 36.1 Å². The van der Waals surface area contributed by atoms with Crippen LogP contribution in [0.1, 0.15) is 65.6 Å². The van der Waals surface area contributed by atoms with Crippen LogP contribution in [0, 0.1) is 0 Å². The highest BCUT2D eigenvalue weighted by molar-refractivity contribution is 5.91. The smallest absolute Gasteiger partial charge is 0.343 e. The van der Waals surface area contributed by atoms with Gasteiger partial charge >= 0.3 is 5.97 Å². The number of benzene rings is 4. The summed E-state index contributed by atoms with van der Waals surface area (Å²) >= 11 is 0. The third-order valence-corrected chi connectivity index (χ3v) is 9.19. The average molecular weight is 711 g/mol. The second-order valence-corrected chi connectivity index (χ2v) is 13.3. The Hall–Kier alpha value is -4.45. The molecule has 0 amide bonds. The van der Waals surface area contributed by atoms with E-state index in [1.165, 1.54) is 0 Å². The van der Waals surface area contributed by atoms with Gasteiger partial charge in [0, 0.05) is 19.1 Å². The van der Waals surface area contributed by atoms with Gasteiger partial charge in [0.2, 0.25) is 0 Å². The number of carbonyl (C=O) groups excluding carboxylic acids is 1.